The lowest BCUT2D eigenvalue weighted by atomic mass is 10.2. The number of aromatic nitrogens is 2. The Bertz CT molecular complexity index is 768. The first kappa shape index (κ1) is 19.2. The molecule has 0 saturated carbocycles. The Hall–Kier alpha value is -2.54. The second-order valence-electron chi connectivity index (χ2n) is 6.82. The minimum atomic E-state index is 0.365. The maximum Gasteiger partial charge on any atom is 0.229 e. The predicted octanol–water partition coefficient (Wildman–Crippen LogP) is 3.38. The third-order valence-corrected chi connectivity index (χ3v) is 4.79. The molecule has 0 unspecified atom stereocenters. The lowest BCUT2D eigenvalue weighted by Crippen LogP contribution is -2.33. The van der Waals surface area contributed by atoms with Crippen LogP contribution in [-0.2, 0) is 11.2 Å². The van der Waals surface area contributed by atoms with Gasteiger partial charge in [0.1, 0.15) is 11.6 Å². The van der Waals surface area contributed by atoms with E-state index < -0.39 is 0 Å². The van der Waals surface area contributed by atoms with Crippen molar-refractivity contribution in [2.45, 2.75) is 38.6 Å². The highest BCUT2D eigenvalue weighted by atomic mass is 16.5. The smallest absolute Gasteiger partial charge is 0.229 e. The van der Waals surface area contributed by atoms with Crippen LogP contribution in [0.3, 0.4) is 0 Å². The summed E-state index contributed by atoms with van der Waals surface area (Å²) in [4.78, 5) is 11.8. The van der Waals surface area contributed by atoms with Crippen LogP contribution in [0.15, 0.2) is 24.3 Å². The molecule has 27 heavy (non-hydrogen) atoms. The van der Waals surface area contributed by atoms with Crippen molar-refractivity contribution in [3.63, 3.8) is 0 Å². The number of rotatable bonds is 8. The lowest BCUT2D eigenvalue weighted by Gasteiger charge is -2.26. The molecule has 3 rings (SSSR count). The average Bonchev–Trinajstić information content (AvgIpc) is 3.11. The van der Waals surface area contributed by atoms with Crippen molar-refractivity contribution in [3.05, 3.63) is 30.0 Å². The fraction of sp³-hybridized carbons (Fsp3) is 0.500. The number of nitrogens with two attached hydrogens (primary N) is 1. The molecule has 0 bridgehead atoms. The molecule has 2 heterocycles. The molecule has 7 nitrogen and oxygen atoms in total. The summed E-state index contributed by atoms with van der Waals surface area (Å²) in [5, 5.41) is 3.29. The van der Waals surface area contributed by atoms with Gasteiger partial charge < -0.3 is 25.4 Å². The lowest BCUT2D eigenvalue weighted by molar-refractivity contribution is 0.180. The molecule has 1 fully saturated rings. The normalized spacial score (nSPS) is 16.6. The first-order valence-corrected chi connectivity index (χ1v) is 9.48. The number of nitrogens with zero attached hydrogens (tertiary/aromatic N) is 3. The maximum absolute atomic E-state index is 6.02. The molecule has 1 aliphatic rings. The van der Waals surface area contributed by atoms with E-state index in [1.54, 1.807) is 14.2 Å². The van der Waals surface area contributed by atoms with Crippen LogP contribution in [0.2, 0.25) is 0 Å². The summed E-state index contributed by atoms with van der Waals surface area (Å²) in [7, 11) is 3.36. The van der Waals surface area contributed by atoms with Crippen LogP contribution >= 0.6 is 0 Å². The van der Waals surface area contributed by atoms with E-state index in [-0.39, 0.29) is 0 Å². The van der Waals surface area contributed by atoms with Crippen molar-refractivity contribution in [1.82, 2.24) is 9.97 Å². The molecule has 1 aromatic heterocycles. The third kappa shape index (κ3) is 4.60. The standard InChI is InChI=1S/C20H29N5O2/c1-4-6-14-12-19(25-10-5-7-16(25)13-26-2)24-20(22-14)23-15-8-9-18(27-3)17(21)11-15/h8-9,11-12,16H,4-7,10,13,21H2,1-3H3,(H,22,23,24)/t16-/m0/s1. The SMILES string of the molecule is CCCc1cc(N2CCC[C@H]2COC)nc(Nc2ccc(OC)c(N)c2)n1. The predicted molar refractivity (Wildman–Crippen MR) is 109 cm³/mol. The molecule has 7 heteroatoms. The number of benzene rings is 1. The zero-order chi connectivity index (χ0) is 19.2. The zero-order valence-electron chi connectivity index (χ0n) is 16.4. The van der Waals surface area contributed by atoms with Gasteiger partial charge in [-0.05, 0) is 37.5 Å². The van der Waals surface area contributed by atoms with Crippen molar-refractivity contribution in [2.24, 2.45) is 0 Å². The van der Waals surface area contributed by atoms with Crippen molar-refractivity contribution in [3.8, 4) is 5.75 Å². The molecule has 1 atom stereocenters. The minimum Gasteiger partial charge on any atom is -0.495 e. The fourth-order valence-corrected chi connectivity index (χ4v) is 3.51. The molecule has 1 aliphatic heterocycles. The van der Waals surface area contributed by atoms with E-state index >= 15 is 0 Å². The molecule has 0 amide bonds. The van der Waals surface area contributed by atoms with Crippen molar-refractivity contribution in [1.29, 1.82) is 0 Å². The monoisotopic (exact) mass is 371 g/mol. The number of methoxy groups -OCH3 is 2. The van der Waals surface area contributed by atoms with Gasteiger partial charge in [0, 0.05) is 31.1 Å². The van der Waals surface area contributed by atoms with Gasteiger partial charge in [-0.25, -0.2) is 4.98 Å². The van der Waals surface area contributed by atoms with Gasteiger partial charge >= 0.3 is 0 Å². The van der Waals surface area contributed by atoms with Crippen LogP contribution < -0.4 is 20.7 Å². The van der Waals surface area contributed by atoms with E-state index in [0.29, 0.717) is 30.0 Å². The first-order chi connectivity index (χ1) is 13.1. The highest BCUT2D eigenvalue weighted by Gasteiger charge is 2.26. The van der Waals surface area contributed by atoms with Gasteiger partial charge in [0.05, 0.1) is 25.4 Å². The van der Waals surface area contributed by atoms with E-state index in [4.69, 9.17) is 20.2 Å². The van der Waals surface area contributed by atoms with Crippen LogP contribution in [0.5, 0.6) is 5.75 Å². The Morgan fingerprint density at radius 3 is 2.81 bits per heavy atom. The van der Waals surface area contributed by atoms with Crippen LogP contribution in [0.1, 0.15) is 31.9 Å². The molecule has 146 valence electrons. The Morgan fingerprint density at radius 2 is 2.11 bits per heavy atom. The maximum atomic E-state index is 6.02. The molecule has 3 N–H and O–H groups in total. The summed E-state index contributed by atoms with van der Waals surface area (Å²) in [6.45, 7) is 3.86. The van der Waals surface area contributed by atoms with Gasteiger partial charge in [0.15, 0.2) is 0 Å². The van der Waals surface area contributed by atoms with E-state index in [0.717, 1.165) is 49.4 Å². The molecule has 0 spiro atoms. The summed E-state index contributed by atoms with van der Waals surface area (Å²) >= 11 is 0. The molecule has 0 aliphatic carbocycles. The largest absolute Gasteiger partial charge is 0.495 e. The summed E-state index contributed by atoms with van der Waals surface area (Å²) in [5.41, 5.74) is 8.46. The van der Waals surface area contributed by atoms with Crippen LogP contribution in [-0.4, -0.2) is 43.4 Å². The van der Waals surface area contributed by atoms with Gasteiger partial charge in [-0.1, -0.05) is 13.3 Å². The quantitative estimate of drug-likeness (QED) is 0.688. The molecular weight excluding hydrogens is 342 g/mol. The minimum absolute atomic E-state index is 0.365. The van der Waals surface area contributed by atoms with E-state index in [1.807, 2.05) is 18.2 Å². The van der Waals surface area contributed by atoms with Crippen molar-refractivity contribution in [2.75, 3.05) is 43.3 Å². The number of ether oxygens (including phenoxy) is 2. The first-order valence-electron chi connectivity index (χ1n) is 9.48. The fourth-order valence-electron chi connectivity index (χ4n) is 3.51. The number of hydrogen-bond acceptors (Lipinski definition) is 7. The van der Waals surface area contributed by atoms with Crippen LogP contribution in [0.25, 0.3) is 0 Å². The number of nitrogen functional groups attached to an aromatic ring is 1. The van der Waals surface area contributed by atoms with Crippen molar-refractivity contribution >= 4 is 23.1 Å². The average molecular weight is 371 g/mol. The summed E-state index contributed by atoms with van der Waals surface area (Å²) < 4.78 is 10.6. The molecular formula is C20H29N5O2. The zero-order valence-corrected chi connectivity index (χ0v) is 16.4. The number of hydrogen-bond donors (Lipinski definition) is 2. The number of nitrogens with one attached hydrogen (secondary N) is 1. The van der Waals surface area contributed by atoms with Crippen LogP contribution in [0.4, 0.5) is 23.1 Å². The highest BCUT2D eigenvalue weighted by molar-refractivity contribution is 5.66. The summed E-state index contributed by atoms with van der Waals surface area (Å²) in [6.07, 6.45) is 4.22. The molecule has 0 radical (unpaired) electrons. The van der Waals surface area contributed by atoms with E-state index in [2.05, 4.69) is 28.2 Å². The number of anilines is 4. The second kappa shape index (κ2) is 8.90. The van der Waals surface area contributed by atoms with Gasteiger partial charge in [0.25, 0.3) is 0 Å². The summed E-state index contributed by atoms with van der Waals surface area (Å²) in [5.74, 6) is 2.20. The van der Waals surface area contributed by atoms with Gasteiger partial charge in [0.2, 0.25) is 5.95 Å². The molecule has 1 saturated heterocycles. The topological polar surface area (TPSA) is 85.5 Å². The second-order valence-corrected chi connectivity index (χ2v) is 6.82. The Labute approximate surface area is 160 Å². The van der Waals surface area contributed by atoms with Gasteiger partial charge in [-0.15, -0.1) is 0 Å². The van der Waals surface area contributed by atoms with Gasteiger partial charge in [-0.3, -0.25) is 0 Å². The third-order valence-electron chi connectivity index (χ3n) is 4.79. The molecule has 1 aromatic carbocycles. The van der Waals surface area contributed by atoms with Gasteiger partial charge in [-0.2, -0.15) is 4.98 Å². The number of aryl methyl sites for hydroxylation is 1. The Kier molecular flexibility index (Phi) is 6.34. The van der Waals surface area contributed by atoms with Crippen LogP contribution in [0, 0.1) is 0 Å². The highest BCUT2D eigenvalue weighted by Crippen LogP contribution is 2.29. The Morgan fingerprint density at radius 1 is 1.26 bits per heavy atom. The summed E-state index contributed by atoms with van der Waals surface area (Å²) in [6, 6.07) is 8.05. The van der Waals surface area contributed by atoms with E-state index in [9.17, 15) is 0 Å². The van der Waals surface area contributed by atoms with E-state index in [1.165, 1.54) is 0 Å². The molecule has 2 aromatic rings. The van der Waals surface area contributed by atoms with Crippen molar-refractivity contribution < 1.29 is 9.47 Å². The Balaban J connectivity index is 1.88.